The Balaban J connectivity index is 3.17. The minimum Gasteiger partial charge on any atom is -0.384 e. The fraction of sp³-hybridized carbons (Fsp3) is 0.667. The molecule has 1 heterocycles. The molecule has 0 spiro atoms. The molecule has 3 nitrogen and oxygen atoms in total. The van der Waals surface area contributed by atoms with Gasteiger partial charge in [0, 0.05) is 17.4 Å². The van der Waals surface area contributed by atoms with Crippen LogP contribution in [0.2, 0.25) is 0 Å². The molecule has 15 heavy (non-hydrogen) atoms. The van der Waals surface area contributed by atoms with Gasteiger partial charge in [0.15, 0.2) is 0 Å². The molecule has 84 valence electrons. The molecule has 0 aliphatic rings. The lowest BCUT2D eigenvalue weighted by Crippen LogP contribution is -2.17. The Labute approximate surface area is 92.1 Å². The number of anilines is 1. The van der Waals surface area contributed by atoms with Crippen molar-refractivity contribution in [2.45, 2.75) is 52.4 Å². The molecule has 1 atom stereocenters. The predicted octanol–water partition coefficient (Wildman–Crippen LogP) is 2.87. The SMILES string of the molecule is CCC(C)c1nc(N)cc(C(C)(C)C)n1. The summed E-state index contributed by atoms with van der Waals surface area (Å²) in [6.45, 7) is 10.7. The topological polar surface area (TPSA) is 51.8 Å². The Morgan fingerprint density at radius 1 is 1.33 bits per heavy atom. The van der Waals surface area contributed by atoms with Crippen molar-refractivity contribution in [1.29, 1.82) is 0 Å². The normalized spacial score (nSPS) is 13.9. The molecule has 1 rings (SSSR count). The summed E-state index contributed by atoms with van der Waals surface area (Å²) in [5, 5.41) is 0. The van der Waals surface area contributed by atoms with Crippen molar-refractivity contribution in [2.24, 2.45) is 0 Å². The van der Waals surface area contributed by atoms with Gasteiger partial charge >= 0.3 is 0 Å². The molecule has 2 N–H and O–H groups in total. The van der Waals surface area contributed by atoms with Crippen LogP contribution in [0, 0.1) is 0 Å². The number of hydrogen-bond acceptors (Lipinski definition) is 3. The maximum Gasteiger partial charge on any atom is 0.133 e. The summed E-state index contributed by atoms with van der Waals surface area (Å²) < 4.78 is 0. The standard InChI is InChI=1S/C12H21N3/c1-6-8(2)11-14-9(12(3,4)5)7-10(13)15-11/h7-8H,6H2,1-5H3,(H2,13,14,15). The fourth-order valence-corrected chi connectivity index (χ4v) is 1.27. The average Bonchev–Trinajstić information content (AvgIpc) is 2.14. The van der Waals surface area contributed by atoms with Crippen LogP contribution < -0.4 is 5.73 Å². The van der Waals surface area contributed by atoms with E-state index in [9.17, 15) is 0 Å². The Bertz CT molecular complexity index is 339. The molecule has 0 radical (unpaired) electrons. The average molecular weight is 207 g/mol. The van der Waals surface area contributed by atoms with Crippen LogP contribution in [-0.2, 0) is 5.41 Å². The molecule has 0 aliphatic carbocycles. The number of nitrogens with two attached hydrogens (primary N) is 1. The second kappa shape index (κ2) is 4.17. The van der Waals surface area contributed by atoms with E-state index in [4.69, 9.17) is 5.73 Å². The molecule has 1 unspecified atom stereocenters. The van der Waals surface area contributed by atoms with Crippen LogP contribution >= 0.6 is 0 Å². The maximum absolute atomic E-state index is 5.80. The van der Waals surface area contributed by atoms with Crippen LogP contribution in [0.1, 0.15) is 58.5 Å². The number of nitrogens with zero attached hydrogens (tertiary/aromatic N) is 2. The zero-order valence-electron chi connectivity index (χ0n) is 10.3. The van der Waals surface area contributed by atoms with Crippen molar-refractivity contribution in [3.8, 4) is 0 Å². The highest BCUT2D eigenvalue weighted by Crippen LogP contribution is 2.24. The quantitative estimate of drug-likeness (QED) is 0.811. The third-order valence-corrected chi connectivity index (χ3v) is 2.58. The Kier molecular flexibility index (Phi) is 3.32. The van der Waals surface area contributed by atoms with Crippen molar-refractivity contribution in [3.05, 3.63) is 17.6 Å². The van der Waals surface area contributed by atoms with Crippen molar-refractivity contribution in [2.75, 3.05) is 5.73 Å². The van der Waals surface area contributed by atoms with Crippen LogP contribution in [0.3, 0.4) is 0 Å². The Hall–Kier alpha value is -1.12. The lowest BCUT2D eigenvalue weighted by Gasteiger charge is -2.19. The van der Waals surface area contributed by atoms with Gasteiger partial charge in [-0.15, -0.1) is 0 Å². The summed E-state index contributed by atoms with van der Waals surface area (Å²) in [6.07, 6.45) is 1.03. The number of aromatic nitrogens is 2. The maximum atomic E-state index is 5.80. The van der Waals surface area contributed by atoms with Crippen LogP contribution in [0.25, 0.3) is 0 Å². The summed E-state index contributed by atoms with van der Waals surface area (Å²) in [5.41, 5.74) is 6.84. The first-order valence-electron chi connectivity index (χ1n) is 5.49. The van der Waals surface area contributed by atoms with E-state index in [0.29, 0.717) is 11.7 Å². The summed E-state index contributed by atoms with van der Waals surface area (Å²) in [5.74, 6) is 1.81. The smallest absolute Gasteiger partial charge is 0.133 e. The molecule has 0 aromatic carbocycles. The fourth-order valence-electron chi connectivity index (χ4n) is 1.27. The highest BCUT2D eigenvalue weighted by Gasteiger charge is 2.18. The third kappa shape index (κ3) is 2.91. The molecule has 0 fully saturated rings. The minimum atomic E-state index is 0.0271. The zero-order valence-corrected chi connectivity index (χ0v) is 10.3. The first kappa shape index (κ1) is 12.0. The molecule has 1 aromatic heterocycles. The third-order valence-electron chi connectivity index (χ3n) is 2.58. The van der Waals surface area contributed by atoms with Gasteiger partial charge in [-0.05, 0) is 6.42 Å². The van der Waals surface area contributed by atoms with E-state index in [0.717, 1.165) is 17.9 Å². The van der Waals surface area contributed by atoms with Crippen molar-refractivity contribution in [3.63, 3.8) is 0 Å². The number of nitrogen functional groups attached to an aromatic ring is 1. The van der Waals surface area contributed by atoms with Gasteiger partial charge in [0.05, 0.1) is 5.69 Å². The summed E-state index contributed by atoms with van der Waals surface area (Å²) in [4.78, 5) is 8.87. The van der Waals surface area contributed by atoms with Crippen molar-refractivity contribution in [1.82, 2.24) is 9.97 Å². The lowest BCUT2D eigenvalue weighted by atomic mass is 9.91. The van der Waals surface area contributed by atoms with Gasteiger partial charge in [-0.25, -0.2) is 9.97 Å². The monoisotopic (exact) mass is 207 g/mol. The van der Waals surface area contributed by atoms with Crippen LogP contribution in [0.4, 0.5) is 5.82 Å². The molecule has 0 aliphatic heterocycles. The van der Waals surface area contributed by atoms with E-state index in [-0.39, 0.29) is 5.41 Å². The molecule has 3 heteroatoms. The highest BCUT2D eigenvalue weighted by molar-refractivity contribution is 5.33. The van der Waals surface area contributed by atoms with Gasteiger partial charge in [0.1, 0.15) is 11.6 Å². The van der Waals surface area contributed by atoms with Gasteiger partial charge in [-0.3, -0.25) is 0 Å². The van der Waals surface area contributed by atoms with Crippen molar-refractivity contribution >= 4 is 5.82 Å². The van der Waals surface area contributed by atoms with Gasteiger partial charge in [0.2, 0.25) is 0 Å². The van der Waals surface area contributed by atoms with E-state index in [1.807, 2.05) is 6.07 Å². The molecule has 0 saturated carbocycles. The van der Waals surface area contributed by atoms with Crippen LogP contribution in [0.5, 0.6) is 0 Å². The van der Waals surface area contributed by atoms with E-state index < -0.39 is 0 Å². The van der Waals surface area contributed by atoms with Crippen LogP contribution in [0.15, 0.2) is 6.07 Å². The summed E-state index contributed by atoms with van der Waals surface area (Å²) in [6, 6.07) is 1.87. The molecule has 1 aromatic rings. The van der Waals surface area contributed by atoms with Crippen molar-refractivity contribution < 1.29 is 0 Å². The molecular weight excluding hydrogens is 186 g/mol. The van der Waals surface area contributed by atoms with Gasteiger partial charge in [0.25, 0.3) is 0 Å². The molecule has 0 saturated heterocycles. The van der Waals surface area contributed by atoms with Crippen LogP contribution in [-0.4, -0.2) is 9.97 Å². The number of hydrogen-bond donors (Lipinski definition) is 1. The van der Waals surface area contributed by atoms with E-state index in [2.05, 4.69) is 44.6 Å². The largest absolute Gasteiger partial charge is 0.384 e. The first-order chi connectivity index (χ1) is 6.84. The minimum absolute atomic E-state index is 0.0271. The van der Waals surface area contributed by atoms with E-state index in [1.165, 1.54) is 0 Å². The Morgan fingerprint density at radius 2 is 1.93 bits per heavy atom. The molecule has 0 bridgehead atoms. The summed E-state index contributed by atoms with van der Waals surface area (Å²) >= 11 is 0. The van der Waals surface area contributed by atoms with Gasteiger partial charge in [-0.2, -0.15) is 0 Å². The lowest BCUT2D eigenvalue weighted by molar-refractivity contribution is 0.554. The highest BCUT2D eigenvalue weighted by atomic mass is 15.0. The second-order valence-corrected chi connectivity index (χ2v) is 5.10. The second-order valence-electron chi connectivity index (χ2n) is 5.10. The molecular formula is C12H21N3. The predicted molar refractivity (Wildman–Crippen MR) is 63.9 cm³/mol. The zero-order chi connectivity index (χ0) is 11.6. The first-order valence-corrected chi connectivity index (χ1v) is 5.49. The Morgan fingerprint density at radius 3 is 2.40 bits per heavy atom. The van der Waals surface area contributed by atoms with Gasteiger partial charge < -0.3 is 5.73 Å². The molecule has 0 amide bonds. The van der Waals surface area contributed by atoms with E-state index in [1.54, 1.807) is 0 Å². The van der Waals surface area contributed by atoms with Gasteiger partial charge in [-0.1, -0.05) is 34.6 Å². The van der Waals surface area contributed by atoms with E-state index >= 15 is 0 Å². The summed E-state index contributed by atoms with van der Waals surface area (Å²) in [7, 11) is 0. The number of rotatable bonds is 2.